The molecule has 1 aliphatic carbocycles. The molecule has 1 aliphatic rings. The lowest BCUT2D eigenvalue weighted by atomic mass is 9.96. The van der Waals surface area contributed by atoms with Crippen molar-refractivity contribution in [2.24, 2.45) is 5.92 Å². The summed E-state index contributed by atoms with van der Waals surface area (Å²) in [7, 11) is 0. The maximum absolute atomic E-state index is 13.4. The molecule has 4 heteroatoms. The van der Waals surface area contributed by atoms with E-state index >= 15 is 0 Å². The average molecular weight is 264 g/mol. The number of nitrogen functional groups attached to an aromatic ring is 1. The Kier molecular flexibility index (Phi) is 4.40. The van der Waals surface area contributed by atoms with E-state index in [1.54, 1.807) is 6.07 Å². The van der Waals surface area contributed by atoms with Gasteiger partial charge in [-0.25, -0.2) is 4.39 Å². The lowest BCUT2D eigenvalue weighted by molar-refractivity contribution is 0.0922. The van der Waals surface area contributed by atoms with E-state index in [2.05, 4.69) is 12.2 Å². The number of anilines is 1. The first-order chi connectivity index (χ1) is 9.09. The quantitative estimate of drug-likeness (QED) is 0.637. The first-order valence-electron chi connectivity index (χ1n) is 6.94. The van der Waals surface area contributed by atoms with Gasteiger partial charge in [0, 0.05) is 6.04 Å². The van der Waals surface area contributed by atoms with E-state index in [4.69, 9.17) is 5.73 Å². The maximum atomic E-state index is 13.4. The van der Waals surface area contributed by atoms with Crippen molar-refractivity contribution in [3.63, 3.8) is 0 Å². The fraction of sp³-hybridized carbons (Fsp3) is 0.533. The zero-order chi connectivity index (χ0) is 13.8. The molecule has 1 fully saturated rings. The Balaban J connectivity index is 2.09. The number of amides is 1. The second-order valence-electron chi connectivity index (χ2n) is 5.40. The molecule has 2 unspecified atom stereocenters. The molecule has 3 N–H and O–H groups in total. The minimum absolute atomic E-state index is 0.0683. The molecule has 0 aliphatic heterocycles. The molecule has 1 aromatic rings. The van der Waals surface area contributed by atoms with Gasteiger partial charge in [-0.15, -0.1) is 0 Å². The van der Waals surface area contributed by atoms with Crippen LogP contribution in [0.2, 0.25) is 0 Å². The largest absolute Gasteiger partial charge is 0.396 e. The summed E-state index contributed by atoms with van der Waals surface area (Å²) < 4.78 is 13.4. The van der Waals surface area contributed by atoms with Gasteiger partial charge in [0.25, 0.3) is 5.91 Å². The molecule has 1 saturated carbocycles. The SMILES string of the molecule is CC1CCCCCC1NC(=O)c1cccc(F)c1N. The van der Waals surface area contributed by atoms with Gasteiger partial charge in [-0.1, -0.05) is 32.3 Å². The van der Waals surface area contributed by atoms with Crippen molar-refractivity contribution in [3.8, 4) is 0 Å². The third-order valence-electron chi connectivity index (χ3n) is 3.98. The summed E-state index contributed by atoms with van der Waals surface area (Å²) in [5.74, 6) is -0.349. The normalized spacial score (nSPS) is 23.7. The molecule has 2 atom stereocenters. The highest BCUT2D eigenvalue weighted by molar-refractivity contribution is 5.99. The number of nitrogens with one attached hydrogen (secondary N) is 1. The van der Waals surface area contributed by atoms with Gasteiger partial charge in [-0.05, 0) is 30.9 Å². The summed E-state index contributed by atoms with van der Waals surface area (Å²) in [6.07, 6.45) is 5.69. The summed E-state index contributed by atoms with van der Waals surface area (Å²) in [5, 5.41) is 3.01. The summed E-state index contributed by atoms with van der Waals surface area (Å²) in [6, 6.07) is 4.50. The summed E-state index contributed by atoms with van der Waals surface area (Å²) in [4.78, 5) is 12.2. The van der Waals surface area contributed by atoms with Crippen LogP contribution in [0.15, 0.2) is 18.2 Å². The van der Waals surface area contributed by atoms with Gasteiger partial charge in [0.05, 0.1) is 11.3 Å². The Bertz CT molecular complexity index is 461. The van der Waals surface area contributed by atoms with E-state index in [0.29, 0.717) is 5.92 Å². The molecular weight excluding hydrogens is 243 g/mol. The van der Waals surface area contributed by atoms with Gasteiger partial charge in [0.2, 0.25) is 0 Å². The molecule has 1 amide bonds. The Morgan fingerprint density at radius 1 is 1.32 bits per heavy atom. The number of hydrogen-bond acceptors (Lipinski definition) is 2. The van der Waals surface area contributed by atoms with E-state index < -0.39 is 5.82 Å². The lowest BCUT2D eigenvalue weighted by Crippen LogP contribution is -2.39. The van der Waals surface area contributed by atoms with Gasteiger partial charge < -0.3 is 11.1 Å². The van der Waals surface area contributed by atoms with Gasteiger partial charge in [0.1, 0.15) is 5.82 Å². The van der Waals surface area contributed by atoms with Gasteiger partial charge in [-0.3, -0.25) is 4.79 Å². The second-order valence-corrected chi connectivity index (χ2v) is 5.40. The number of benzene rings is 1. The van der Waals surface area contributed by atoms with Crippen LogP contribution in [0.4, 0.5) is 10.1 Å². The first kappa shape index (κ1) is 13.8. The van der Waals surface area contributed by atoms with Crippen LogP contribution in [0.25, 0.3) is 0 Å². The standard InChI is InChI=1S/C15H21FN2O/c1-10-6-3-2-4-9-13(10)18-15(19)11-7-5-8-12(16)14(11)17/h5,7-8,10,13H,2-4,6,9,17H2,1H3,(H,18,19). The summed E-state index contributed by atoms with van der Waals surface area (Å²) in [6.45, 7) is 2.16. The van der Waals surface area contributed by atoms with E-state index in [-0.39, 0.29) is 23.2 Å². The molecule has 0 saturated heterocycles. The molecule has 0 heterocycles. The van der Waals surface area contributed by atoms with E-state index in [9.17, 15) is 9.18 Å². The monoisotopic (exact) mass is 264 g/mol. The highest BCUT2D eigenvalue weighted by atomic mass is 19.1. The number of carbonyl (C=O) groups is 1. The number of rotatable bonds is 2. The fourth-order valence-electron chi connectivity index (χ4n) is 2.69. The Morgan fingerprint density at radius 3 is 2.84 bits per heavy atom. The molecule has 1 aromatic carbocycles. The van der Waals surface area contributed by atoms with Crippen LogP contribution in [0.1, 0.15) is 49.4 Å². The number of halogens is 1. The van der Waals surface area contributed by atoms with Gasteiger partial charge in [0.15, 0.2) is 0 Å². The Morgan fingerprint density at radius 2 is 2.05 bits per heavy atom. The van der Waals surface area contributed by atoms with Gasteiger partial charge >= 0.3 is 0 Å². The van der Waals surface area contributed by atoms with Crippen LogP contribution < -0.4 is 11.1 Å². The van der Waals surface area contributed by atoms with Crippen LogP contribution in [0.5, 0.6) is 0 Å². The Hall–Kier alpha value is -1.58. The number of hydrogen-bond donors (Lipinski definition) is 2. The highest BCUT2D eigenvalue weighted by Crippen LogP contribution is 2.24. The first-order valence-corrected chi connectivity index (χ1v) is 6.94. The van der Waals surface area contributed by atoms with Crippen LogP contribution >= 0.6 is 0 Å². The molecular formula is C15H21FN2O. The minimum Gasteiger partial charge on any atom is -0.396 e. The number of nitrogens with two attached hydrogens (primary N) is 1. The average Bonchev–Trinajstić information content (AvgIpc) is 2.58. The summed E-state index contributed by atoms with van der Waals surface area (Å²) >= 11 is 0. The maximum Gasteiger partial charge on any atom is 0.253 e. The lowest BCUT2D eigenvalue weighted by Gasteiger charge is -2.23. The highest BCUT2D eigenvalue weighted by Gasteiger charge is 2.23. The van der Waals surface area contributed by atoms with Crippen LogP contribution in [0.3, 0.4) is 0 Å². The molecule has 0 bridgehead atoms. The second kappa shape index (κ2) is 6.04. The predicted molar refractivity (Wildman–Crippen MR) is 74.3 cm³/mol. The zero-order valence-electron chi connectivity index (χ0n) is 11.3. The predicted octanol–water partition coefficient (Wildman–Crippen LogP) is 3.11. The minimum atomic E-state index is -0.540. The molecule has 2 rings (SSSR count). The third-order valence-corrected chi connectivity index (χ3v) is 3.98. The third kappa shape index (κ3) is 3.25. The fourth-order valence-corrected chi connectivity index (χ4v) is 2.69. The number of para-hydroxylation sites is 1. The molecule has 0 radical (unpaired) electrons. The molecule has 3 nitrogen and oxygen atoms in total. The zero-order valence-corrected chi connectivity index (χ0v) is 11.3. The van der Waals surface area contributed by atoms with Crippen molar-refractivity contribution >= 4 is 11.6 Å². The van der Waals surface area contributed by atoms with Crippen molar-refractivity contribution in [2.75, 3.05) is 5.73 Å². The van der Waals surface area contributed by atoms with Crippen molar-refractivity contribution in [2.45, 2.75) is 45.1 Å². The van der Waals surface area contributed by atoms with Crippen molar-refractivity contribution in [1.82, 2.24) is 5.32 Å². The number of carbonyl (C=O) groups excluding carboxylic acids is 1. The van der Waals surface area contributed by atoms with Crippen LogP contribution in [0, 0.1) is 11.7 Å². The van der Waals surface area contributed by atoms with E-state index in [1.165, 1.54) is 25.0 Å². The van der Waals surface area contributed by atoms with E-state index in [1.807, 2.05) is 0 Å². The summed E-state index contributed by atoms with van der Waals surface area (Å²) in [5.41, 5.74) is 5.78. The van der Waals surface area contributed by atoms with Crippen molar-refractivity contribution < 1.29 is 9.18 Å². The van der Waals surface area contributed by atoms with Crippen molar-refractivity contribution in [1.29, 1.82) is 0 Å². The van der Waals surface area contributed by atoms with E-state index in [0.717, 1.165) is 19.3 Å². The molecule has 104 valence electrons. The molecule has 0 aromatic heterocycles. The topological polar surface area (TPSA) is 55.1 Å². The van der Waals surface area contributed by atoms with Crippen LogP contribution in [-0.2, 0) is 0 Å². The van der Waals surface area contributed by atoms with Crippen molar-refractivity contribution in [3.05, 3.63) is 29.6 Å². The van der Waals surface area contributed by atoms with Gasteiger partial charge in [-0.2, -0.15) is 0 Å². The Labute approximate surface area is 113 Å². The van der Waals surface area contributed by atoms with Crippen LogP contribution in [-0.4, -0.2) is 11.9 Å². The smallest absolute Gasteiger partial charge is 0.253 e. The molecule has 0 spiro atoms. The molecule has 19 heavy (non-hydrogen) atoms.